The second-order valence-electron chi connectivity index (χ2n) is 5.78. The van der Waals surface area contributed by atoms with Crippen molar-refractivity contribution in [2.45, 2.75) is 43.7 Å². The van der Waals surface area contributed by atoms with E-state index in [0.29, 0.717) is 0 Å². The predicted octanol–water partition coefficient (Wildman–Crippen LogP) is 0.709. The van der Waals surface area contributed by atoms with E-state index in [1.165, 1.54) is 27.1 Å². The lowest BCUT2D eigenvalue weighted by atomic mass is 10.00. The fourth-order valence-electron chi connectivity index (χ4n) is 2.51. The first-order chi connectivity index (χ1) is 10.2. The van der Waals surface area contributed by atoms with E-state index in [0.717, 1.165) is 23.7 Å². The minimum absolute atomic E-state index is 0.0144. The van der Waals surface area contributed by atoms with Crippen LogP contribution in [0.2, 0.25) is 0 Å². The summed E-state index contributed by atoms with van der Waals surface area (Å²) in [6.45, 7) is 4.50. The van der Waals surface area contributed by atoms with E-state index < -0.39 is 10.0 Å². The van der Waals surface area contributed by atoms with Gasteiger partial charge in [0.15, 0.2) is 5.76 Å². The maximum Gasteiger partial charge on any atom is 0.287 e. The van der Waals surface area contributed by atoms with E-state index in [1.807, 2.05) is 6.92 Å². The Bertz CT molecular complexity index is 651. The number of piperidine rings is 1. The molecule has 1 aromatic rings. The molecule has 2 N–H and O–H groups in total. The van der Waals surface area contributed by atoms with Gasteiger partial charge in [-0.3, -0.25) is 4.79 Å². The molecule has 22 heavy (non-hydrogen) atoms. The number of hydrogen-bond donors (Lipinski definition) is 2. The molecule has 0 aromatic carbocycles. The number of sulfonamides is 1. The van der Waals surface area contributed by atoms with Crippen molar-refractivity contribution in [2.24, 2.45) is 0 Å². The van der Waals surface area contributed by atoms with Crippen LogP contribution in [0.1, 0.15) is 36.1 Å². The van der Waals surface area contributed by atoms with E-state index in [2.05, 4.69) is 10.6 Å². The molecule has 2 heterocycles. The average molecular weight is 329 g/mol. The molecule has 1 saturated heterocycles. The molecule has 0 saturated carbocycles. The Morgan fingerprint density at radius 1 is 1.45 bits per heavy atom. The minimum Gasteiger partial charge on any atom is -0.455 e. The Morgan fingerprint density at radius 2 is 2.14 bits per heavy atom. The second-order valence-corrected chi connectivity index (χ2v) is 7.90. The number of aryl methyl sites for hydroxylation is 1. The van der Waals surface area contributed by atoms with Gasteiger partial charge in [0.2, 0.25) is 10.0 Å². The third kappa shape index (κ3) is 3.34. The van der Waals surface area contributed by atoms with Crippen molar-refractivity contribution >= 4 is 15.9 Å². The molecule has 1 aliphatic heterocycles. The van der Waals surface area contributed by atoms with Gasteiger partial charge in [0, 0.05) is 32.2 Å². The molecule has 1 amide bonds. The second kappa shape index (κ2) is 6.39. The third-order valence-electron chi connectivity index (χ3n) is 3.93. The Hall–Kier alpha value is -1.38. The third-order valence-corrected chi connectivity index (χ3v) is 5.86. The number of carbonyl (C=O) groups excluding carboxylic acids is 1. The van der Waals surface area contributed by atoms with Gasteiger partial charge in [-0.05, 0) is 33.2 Å². The van der Waals surface area contributed by atoms with Crippen LogP contribution >= 0.6 is 0 Å². The molecule has 124 valence electrons. The summed E-state index contributed by atoms with van der Waals surface area (Å²) in [6.07, 6.45) is 1.88. The van der Waals surface area contributed by atoms with Gasteiger partial charge >= 0.3 is 0 Å². The molecule has 0 spiro atoms. The highest BCUT2D eigenvalue weighted by Crippen LogP contribution is 2.22. The number of nitrogens with zero attached hydrogens (tertiary/aromatic N) is 1. The average Bonchev–Trinajstić information content (AvgIpc) is 2.84. The first kappa shape index (κ1) is 17.0. The Morgan fingerprint density at radius 3 is 2.73 bits per heavy atom. The molecule has 8 heteroatoms. The Labute approximate surface area is 131 Å². The highest BCUT2D eigenvalue weighted by molar-refractivity contribution is 7.89. The van der Waals surface area contributed by atoms with Crippen LogP contribution in [0.5, 0.6) is 0 Å². The van der Waals surface area contributed by atoms with Crippen LogP contribution in [0.3, 0.4) is 0 Å². The monoisotopic (exact) mass is 329 g/mol. The van der Waals surface area contributed by atoms with Crippen molar-refractivity contribution in [3.05, 3.63) is 17.6 Å². The molecule has 2 rings (SSSR count). The smallest absolute Gasteiger partial charge is 0.287 e. The first-order valence-electron chi connectivity index (χ1n) is 7.30. The van der Waals surface area contributed by atoms with E-state index in [9.17, 15) is 13.2 Å². The lowest BCUT2D eigenvalue weighted by molar-refractivity contribution is 0.0890. The van der Waals surface area contributed by atoms with Crippen LogP contribution in [-0.2, 0) is 10.0 Å². The van der Waals surface area contributed by atoms with Crippen molar-refractivity contribution < 1.29 is 17.6 Å². The fraction of sp³-hybridized carbons (Fsp3) is 0.643. The zero-order valence-corrected chi connectivity index (χ0v) is 14.2. The maximum atomic E-state index is 12.3. The van der Waals surface area contributed by atoms with Gasteiger partial charge in [-0.2, -0.15) is 0 Å². The van der Waals surface area contributed by atoms with Gasteiger partial charge < -0.3 is 15.1 Å². The maximum absolute atomic E-state index is 12.3. The van der Waals surface area contributed by atoms with Crippen LogP contribution in [-0.4, -0.2) is 51.4 Å². The molecular formula is C14H23N3O4S. The summed E-state index contributed by atoms with van der Waals surface area (Å²) in [5.41, 5.74) is 0. The summed E-state index contributed by atoms with van der Waals surface area (Å²) in [5, 5.41) is 6.20. The van der Waals surface area contributed by atoms with Crippen LogP contribution in [0.15, 0.2) is 15.4 Å². The molecule has 0 bridgehead atoms. The molecule has 2 atom stereocenters. The van der Waals surface area contributed by atoms with E-state index >= 15 is 0 Å². The quantitative estimate of drug-likeness (QED) is 0.849. The van der Waals surface area contributed by atoms with Crippen molar-refractivity contribution in [1.82, 2.24) is 14.9 Å². The van der Waals surface area contributed by atoms with Gasteiger partial charge in [0.25, 0.3) is 5.91 Å². The van der Waals surface area contributed by atoms with Gasteiger partial charge in [-0.1, -0.05) is 0 Å². The van der Waals surface area contributed by atoms with Gasteiger partial charge in [-0.25, -0.2) is 12.7 Å². The summed E-state index contributed by atoms with van der Waals surface area (Å²) in [7, 11) is -0.734. The largest absolute Gasteiger partial charge is 0.455 e. The lowest BCUT2D eigenvalue weighted by Gasteiger charge is -2.30. The van der Waals surface area contributed by atoms with Gasteiger partial charge in [0.1, 0.15) is 10.7 Å². The number of nitrogens with one attached hydrogen (secondary N) is 2. The normalized spacial score (nSPS) is 22.8. The summed E-state index contributed by atoms with van der Waals surface area (Å²) >= 11 is 0. The van der Waals surface area contributed by atoms with Crippen molar-refractivity contribution in [2.75, 3.05) is 20.6 Å². The van der Waals surface area contributed by atoms with Crippen LogP contribution in [0, 0.1) is 6.92 Å². The minimum atomic E-state index is -3.62. The number of furan rings is 1. The summed E-state index contributed by atoms with van der Waals surface area (Å²) in [5.74, 6) is -0.145. The Balaban J connectivity index is 2.18. The van der Waals surface area contributed by atoms with Gasteiger partial charge in [-0.15, -0.1) is 0 Å². The number of hydrogen-bond acceptors (Lipinski definition) is 5. The topological polar surface area (TPSA) is 91.6 Å². The first-order valence-corrected chi connectivity index (χ1v) is 8.74. The summed E-state index contributed by atoms with van der Waals surface area (Å²) < 4.78 is 30.8. The van der Waals surface area contributed by atoms with E-state index in [4.69, 9.17) is 4.42 Å². The zero-order chi connectivity index (χ0) is 16.5. The fourth-order valence-corrected chi connectivity index (χ4v) is 3.57. The van der Waals surface area contributed by atoms with Crippen LogP contribution in [0.4, 0.5) is 0 Å². The zero-order valence-electron chi connectivity index (χ0n) is 13.3. The van der Waals surface area contributed by atoms with Gasteiger partial charge in [0.05, 0.1) is 0 Å². The molecular weight excluding hydrogens is 306 g/mol. The Kier molecular flexibility index (Phi) is 4.93. The summed E-state index contributed by atoms with van der Waals surface area (Å²) in [6, 6.07) is 1.49. The SMILES string of the molecule is Cc1oc(C(=O)NC2CCCNC2C)cc1S(=O)(=O)N(C)C. The van der Waals surface area contributed by atoms with Crippen molar-refractivity contribution in [3.63, 3.8) is 0 Å². The van der Waals surface area contributed by atoms with E-state index in [-0.39, 0.29) is 34.4 Å². The van der Waals surface area contributed by atoms with E-state index in [1.54, 1.807) is 0 Å². The molecule has 1 aliphatic rings. The molecule has 1 fully saturated rings. The molecule has 2 unspecified atom stereocenters. The predicted molar refractivity (Wildman–Crippen MR) is 82.3 cm³/mol. The molecule has 0 aliphatic carbocycles. The van der Waals surface area contributed by atoms with Crippen LogP contribution < -0.4 is 10.6 Å². The van der Waals surface area contributed by atoms with Crippen molar-refractivity contribution in [1.29, 1.82) is 0 Å². The molecule has 1 aromatic heterocycles. The number of carbonyl (C=O) groups is 1. The highest BCUT2D eigenvalue weighted by Gasteiger charge is 2.28. The number of rotatable bonds is 4. The molecule has 0 radical (unpaired) electrons. The summed E-state index contributed by atoms with van der Waals surface area (Å²) in [4.78, 5) is 12.3. The van der Waals surface area contributed by atoms with Crippen LogP contribution in [0.25, 0.3) is 0 Å². The van der Waals surface area contributed by atoms with Crippen molar-refractivity contribution in [3.8, 4) is 0 Å². The number of amides is 1. The highest BCUT2D eigenvalue weighted by atomic mass is 32.2. The standard InChI is InChI=1S/C14H23N3O4S/c1-9-11(6-5-7-15-9)16-14(18)12-8-13(10(2)21-12)22(19,20)17(3)4/h8-9,11,15H,5-7H2,1-4H3,(H,16,18). The lowest BCUT2D eigenvalue weighted by Crippen LogP contribution is -2.51. The molecule has 7 nitrogen and oxygen atoms in total.